The molecule has 0 amide bonds. The Labute approximate surface area is 144 Å². The van der Waals surface area contributed by atoms with E-state index < -0.39 is 0 Å². The molecule has 0 radical (unpaired) electrons. The minimum atomic E-state index is 0.536. The predicted octanol–water partition coefficient (Wildman–Crippen LogP) is 5.12. The molecule has 0 aliphatic carbocycles. The molecule has 0 saturated carbocycles. The number of rotatable bonds is 5. The lowest BCUT2D eigenvalue weighted by Crippen LogP contribution is -1.84. The fourth-order valence-electron chi connectivity index (χ4n) is 1.97. The zero-order valence-electron chi connectivity index (χ0n) is 12.1. The Morgan fingerprint density at radius 1 is 1.00 bits per heavy atom. The second-order valence-electron chi connectivity index (χ2n) is 4.64. The normalized spacial score (nSPS) is 11.2. The van der Waals surface area contributed by atoms with Gasteiger partial charge >= 0.3 is 0 Å². The third kappa shape index (κ3) is 3.10. The summed E-state index contributed by atoms with van der Waals surface area (Å²) in [5.74, 6) is 2.67. The third-order valence-corrected chi connectivity index (χ3v) is 5.64. The molecule has 0 aliphatic rings. The quantitative estimate of drug-likeness (QED) is 0.460. The Morgan fingerprint density at radius 3 is 2.43 bits per heavy atom. The van der Waals surface area contributed by atoms with Crippen molar-refractivity contribution in [3.63, 3.8) is 0 Å². The number of hydrogen-bond acceptors (Lipinski definition) is 8. The van der Waals surface area contributed by atoms with Gasteiger partial charge in [0.25, 0.3) is 11.1 Å². The molecule has 0 N–H and O–H groups in total. The van der Waals surface area contributed by atoms with Crippen LogP contribution in [-0.2, 0) is 5.75 Å². The van der Waals surface area contributed by atoms with E-state index in [1.807, 2.05) is 41.9 Å². The van der Waals surface area contributed by atoms with E-state index in [-0.39, 0.29) is 0 Å². The lowest BCUT2D eigenvalue weighted by atomic mass is 10.4. The summed E-state index contributed by atoms with van der Waals surface area (Å²) in [6.07, 6.45) is 0. The van der Waals surface area contributed by atoms with Crippen molar-refractivity contribution in [1.82, 2.24) is 15.2 Å². The van der Waals surface area contributed by atoms with E-state index in [0.717, 1.165) is 21.2 Å². The molecule has 0 unspecified atom stereocenters. The lowest BCUT2D eigenvalue weighted by Gasteiger charge is -1.93. The summed E-state index contributed by atoms with van der Waals surface area (Å²) < 4.78 is 11.4. The first-order valence-electron chi connectivity index (χ1n) is 6.80. The van der Waals surface area contributed by atoms with Gasteiger partial charge in [0.15, 0.2) is 0 Å². The Hall–Kier alpha value is -1.90. The predicted molar refractivity (Wildman–Crippen MR) is 91.7 cm³/mol. The van der Waals surface area contributed by atoms with Crippen molar-refractivity contribution in [2.24, 2.45) is 0 Å². The monoisotopic (exact) mass is 361 g/mol. The summed E-state index contributed by atoms with van der Waals surface area (Å²) >= 11 is 4.65. The van der Waals surface area contributed by atoms with Gasteiger partial charge in [0.2, 0.25) is 5.89 Å². The van der Waals surface area contributed by atoms with Crippen molar-refractivity contribution < 1.29 is 8.83 Å². The Bertz CT molecular complexity index is 895. The number of hydrogen-bond donors (Lipinski definition) is 0. The molecule has 5 nitrogen and oxygen atoms in total. The molecule has 0 aliphatic heterocycles. The first kappa shape index (κ1) is 14.7. The van der Waals surface area contributed by atoms with Crippen molar-refractivity contribution in [3.05, 3.63) is 46.5 Å². The van der Waals surface area contributed by atoms with Crippen LogP contribution in [0.2, 0.25) is 0 Å². The SMILES string of the molecule is Cc1oc(-c2cccs2)nc1CSc1nnc(-c2cccs2)o1. The number of nitrogens with zero attached hydrogens (tertiary/aromatic N) is 3. The third-order valence-electron chi connectivity index (χ3n) is 3.10. The highest BCUT2D eigenvalue weighted by atomic mass is 32.2. The molecule has 0 bridgehead atoms. The Balaban J connectivity index is 1.47. The second kappa shape index (κ2) is 6.31. The van der Waals surface area contributed by atoms with E-state index in [1.165, 1.54) is 11.8 Å². The molecule has 0 aromatic carbocycles. The largest absolute Gasteiger partial charge is 0.440 e. The zero-order chi connectivity index (χ0) is 15.6. The average molecular weight is 361 g/mol. The van der Waals surface area contributed by atoms with Gasteiger partial charge in [0.1, 0.15) is 5.76 Å². The summed E-state index contributed by atoms with van der Waals surface area (Å²) in [7, 11) is 0. The molecular formula is C15H11N3O2S3. The molecular weight excluding hydrogens is 350 g/mol. The van der Waals surface area contributed by atoms with Gasteiger partial charge in [-0.3, -0.25) is 0 Å². The summed E-state index contributed by atoms with van der Waals surface area (Å²) in [5, 5.41) is 12.7. The van der Waals surface area contributed by atoms with E-state index in [4.69, 9.17) is 8.83 Å². The highest BCUT2D eigenvalue weighted by Gasteiger charge is 2.15. The maximum Gasteiger partial charge on any atom is 0.277 e. The number of thiophene rings is 2. The van der Waals surface area contributed by atoms with E-state index in [9.17, 15) is 0 Å². The lowest BCUT2D eigenvalue weighted by molar-refractivity contribution is 0.466. The maximum absolute atomic E-state index is 5.73. The van der Waals surface area contributed by atoms with Gasteiger partial charge in [0.05, 0.1) is 15.4 Å². The van der Waals surface area contributed by atoms with Crippen LogP contribution in [0.5, 0.6) is 0 Å². The molecule has 4 aromatic heterocycles. The fourth-order valence-corrected chi connectivity index (χ4v) is 4.02. The summed E-state index contributed by atoms with van der Waals surface area (Å²) in [6.45, 7) is 1.92. The average Bonchev–Trinajstić information content (AvgIpc) is 3.32. The smallest absolute Gasteiger partial charge is 0.277 e. The van der Waals surface area contributed by atoms with Crippen molar-refractivity contribution in [3.8, 4) is 21.5 Å². The van der Waals surface area contributed by atoms with Crippen LogP contribution in [-0.4, -0.2) is 15.2 Å². The minimum absolute atomic E-state index is 0.536. The Morgan fingerprint density at radius 2 is 1.74 bits per heavy atom. The molecule has 4 rings (SSSR count). The van der Waals surface area contributed by atoms with Gasteiger partial charge in [-0.1, -0.05) is 23.9 Å². The van der Waals surface area contributed by atoms with Crippen molar-refractivity contribution in [1.29, 1.82) is 0 Å². The maximum atomic E-state index is 5.73. The number of oxazole rings is 1. The first-order valence-corrected chi connectivity index (χ1v) is 9.54. The van der Waals surface area contributed by atoms with Gasteiger partial charge < -0.3 is 8.83 Å². The molecule has 0 atom stereocenters. The van der Waals surface area contributed by atoms with Crippen LogP contribution in [0, 0.1) is 6.92 Å². The summed E-state index contributed by atoms with van der Waals surface area (Å²) in [6, 6.07) is 7.90. The van der Waals surface area contributed by atoms with Gasteiger partial charge in [-0.15, -0.1) is 32.9 Å². The number of thioether (sulfide) groups is 1. The molecule has 4 aromatic rings. The van der Waals surface area contributed by atoms with Crippen LogP contribution in [0.25, 0.3) is 21.5 Å². The van der Waals surface area contributed by atoms with Crippen LogP contribution in [0.15, 0.2) is 49.1 Å². The number of aryl methyl sites for hydroxylation is 1. The van der Waals surface area contributed by atoms with Crippen molar-refractivity contribution >= 4 is 34.4 Å². The van der Waals surface area contributed by atoms with E-state index >= 15 is 0 Å². The van der Waals surface area contributed by atoms with Gasteiger partial charge in [-0.05, 0) is 29.8 Å². The highest BCUT2D eigenvalue weighted by Crippen LogP contribution is 2.31. The van der Waals surface area contributed by atoms with Crippen LogP contribution in [0.1, 0.15) is 11.5 Å². The van der Waals surface area contributed by atoms with E-state index in [1.54, 1.807) is 22.7 Å². The van der Waals surface area contributed by atoms with Gasteiger partial charge in [-0.2, -0.15) is 0 Å². The topological polar surface area (TPSA) is 65.0 Å². The Kier molecular flexibility index (Phi) is 4.02. The zero-order valence-corrected chi connectivity index (χ0v) is 14.5. The molecule has 0 fully saturated rings. The number of aromatic nitrogens is 3. The van der Waals surface area contributed by atoms with Crippen molar-refractivity contribution in [2.45, 2.75) is 17.9 Å². The summed E-state index contributed by atoms with van der Waals surface area (Å²) in [5.41, 5.74) is 0.897. The van der Waals surface area contributed by atoms with Crippen LogP contribution >= 0.6 is 34.4 Å². The fraction of sp³-hybridized carbons (Fsp3) is 0.133. The second-order valence-corrected chi connectivity index (χ2v) is 7.46. The first-order chi connectivity index (χ1) is 11.3. The van der Waals surface area contributed by atoms with Crippen molar-refractivity contribution in [2.75, 3.05) is 0 Å². The van der Waals surface area contributed by atoms with Crippen LogP contribution in [0.3, 0.4) is 0 Å². The van der Waals surface area contributed by atoms with Gasteiger partial charge in [0, 0.05) is 5.75 Å². The molecule has 0 saturated heterocycles. The molecule has 8 heteroatoms. The standard InChI is InChI=1S/C15H11N3O2S3/c1-9-10(16-13(19-9)11-4-2-6-21-11)8-23-15-18-17-14(20-15)12-5-3-7-22-12/h2-7H,8H2,1H3. The van der Waals surface area contributed by atoms with Gasteiger partial charge in [-0.25, -0.2) is 4.98 Å². The summed E-state index contributed by atoms with van der Waals surface area (Å²) in [4.78, 5) is 6.56. The highest BCUT2D eigenvalue weighted by molar-refractivity contribution is 7.98. The molecule has 116 valence electrons. The molecule has 0 spiro atoms. The van der Waals surface area contributed by atoms with Crippen LogP contribution < -0.4 is 0 Å². The van der Waals surface area contributed by atoms with E-state index in [0.29, 0.717) is 22.8 Å². The minimum Gasteiger partial charge on any atom is -0.440 e. The molecule has 4 heterocycles. The van der Waals surface area contributed by atoms with E-state index in [2.05, 4.69) is 15.2 Å². The van der Waals surface area contributed by atoms with Crippen LogP contribution in [0.4, 0.5) is 0 Å². The molecule has 23 heavy (non-hydrogen) atoms.